The Morgan fingerprint density at radius 1 is 1.44 bits per heavy atom. The molecule has 2 N–H and O–H groups in total. The lowest BCUT2D eigenvalue weighted by Gasteiger charge is -2.22. The van der Waals surface area contributed by atoms with E-state index in [0.29, 0.717) is 5.75 Å². The summed E-state index contributed by atoms with van der Waals surface area (Å²) in [5, 5.41) is 0. The van der Waals surface area contributed by atoms with Crippen LogP contribution < -0.4 is 15.4 Å². The largest absolute Gasteiger partial charge is 0.495 e. The molecule has 2 rings (SSSR count). The molecule has 0 heterocycles. The van der Waals surface area contributed by atoms with Crippen LogP contribution in [0.4, 0.5) is 5.69 Å². The molecule has 0 aliphatic heterocycles. The van der Waals surface area contributed by atoms with Crippen LogP contribution in [-0.2, 0) is 4.79 Å². The van der Waals surface area contributed by atoms with Gasteiger partial charge in [0.15, 0.2) is 0 Å². The second kappa shape index (κ2) is 3.79. The molecule has 0 aromatic heterocycles. The molecule has 1 aromatic carbocycles. The van der Waals surface area contributed by atoms with E-state index in [4.69, 9.17) is 10.5 Å². The summed E-state index contributed by atoms with van der Waals surface area (Å²) >= 11 is 0. The van der Waals surface area contributed by atoms with E-state index in [1.165, 1.54) is 0 Å². The van der Waals surface area contributed by atoms with E-state index in [1.807, 2.05) is 24.3 Å². The number of ether oxygens (including phenoxy) is 1. The van der Waals surface area contributed by atoms with E-state index in [-0.39, 0.29) is 5.91 Å². The number of methoxy groups -OCH3 is 1. The van der Waals surface area contributed by atoms with Crippen LogP contribution in [0.25, 0.3) is 0 Å². The maximum Gasteiger partial charge on any atom is 0.246 e. The van der Waals surface area contributed by atoms with Gasteiger partial charge in [-0.25, -0.2) is 0 Å². The molecule has 86 valence electrons. The Morgan fingerprint density at radius 2 is 2.06 bits per heavy atom. The maximum absolute atomic E-state index is 12.0. The molecule has 4 nitrogen and oxygen atoms in total. The molecule has 0 saturated heterocycles. The SMILES string of the molecule is COc1ccccc1N(C)C(=O)C1(N)CC1. The van der Waals surface area contributed by atoms with E-state index >= 15 is 0 Å². The monoisotopic (exact) mass is 220 g/mol. The average molecular weight is 220 g/mol. The summed E-state index contributed by atoms with van der Waals surface area (Å²) in [6.07, 6.45) is 1.54. The Bertz CT molecular complexity index is 413. The minimum absolute atomic E-state index is 0.0444. The van der Waals surface area contributed by atoms with Crippen molar-refractivity contribution in [3.05, 3.63) is 24.3 Å². The number of likely N-dealkylation sites (N-methyl/N-ethyl adjacent to an activating group) is 1. The third-order valence-electron chi connectivity index (χ3n) is 2.97. The van der Waals surface area contributed by atoms with Crippen molar-refractivity contribution in [1.29, 1.82) is 0 Å². The molecule has 0 unspecified atom stereocenters. The number of hydrogen-bond acceptors (Lipinski definition) is 3. The van der Waals surface area contributed by atoms with Crippen LogP contribution >= 0.6 is 0 Å². The summed E-state index contributed by atoms with van der Waals surface area (Å²) in [6, 6.07) is 7.42. The minimum atomic E-state index is -0.643. The minimum Gasteiger partial charge on any atom is -0.495 e. The third kappa shape index (κ3) is 1.76. The van der Waals surface area contributed by atoms with E-state index in [9.17, 15) is 4.79 Å². The van der Waals surface area contributed by atoms with Gasteiger partial charge in [0.1, 0.15) is 5.75 Å². The molecule has 0 atom stereocenters. The molecule has 1 aliphatic rings. The highest BCUT2D eigenvalue weighted by Gasteiger charge is 2.47. The van der Waals surface area contributed by atoms with Gasteiger partial charge in [-0.15, -0.1) is 0 Å². The van der Waals surface area contributed by atoms with Crippen molar-refractivity contribution in [2.45, 2.75) is 18.4 Å². The summed E-state index contributed by atoms with van der Waals surface area (Å²) in [4.78, 5) is 13.6. The molecule has 0 radical (unpaired) electrons. The number of carbonyl (C=O) groups is 1. The standard InChI is InChI=1S/C12H16N2O2/c1-14(11(15)12(13)7-8-12)9-5-3-4-6-10(9)16-2/h3-6H,7-8,13H2,1-2H3. The zero-order valence-electron chi connectivity index (χ0n) is 9.56. The van der Waals surface area contributed by atoms with Gasteiger partial charge in [-0.05, 0) is 25.0 Å². The molecular weight excluding hydrogens is 204 g/mol. The molecule has 1 fully saturated rings. The molecule has 0 spiro atoms. The normalized spacial score (nSPS) is 16.7. The number of carbonyl (C=O) groups excluding carboxylic acids is 1. The molecular formula is C12H16N2O2. The first kappa shape index (κ1) is 11.0. The number of nitrogens with two attached hydrogens (primary N) is 1. The highest BCUT2D eigenvalue weighted by Crippen LogP contribution is 2.36. The van der Waals surface area contributed by atoms with Crippen molar-refractivity contribution in [2.24, 2.45) is 5.73 Å². The van der Waals surface area contributed by atoms with E-state index in [2.05, 4.69) is 0 Å². The Labute approximate surface area is 95.0 Å². The van der Waals surface area contributed by atoms with Gasteiger partial charge in [-0.3, -0.25) is 4.79 Å². The van der Waals surface area contributed by atoms with Gasteiger partial charge in [0.2, 0.25) is 5.91 Å². The molecule has 1 aromatic rings. The summed E-state index contributed by atoms with van der Waals surface area (Å²) in [6.45, 7) is 0. The van der Waals surface area contributed by atoms with Crippen molar-refractivity contribution < 1.29 is 9.53 Å². The van der Waals surface area contributed by atoms with Crippen molar-refractivity contribution in [3.63, 3.8) is 0 Å². The second-order valence-corrected chi connectivity index (χ2v) is 4.19. The summed E-state index contributed by atoms with van der Waals surface area (Å²) < 4.78 is 5.21. The summed E-state index contributed by atoms with van der Waals surface area (Å²) in [5.41, 5.74) is 6.00. The first-order valence-electron chi connectivity index (χ1n) is 5.28. The highest BCUT2D eigenvalue weighted by atomic mass is 16.5. The number of amides is 1. The second-order valence-electron chi connectivity index (χ2n) is 4.19. The number of rotatable bonds is 3. The number of anilines is 1. The van der Waals surface area contributed by atoms with Crippen molar-refractivity contribution in [2.75, 3.05) is 19.1 Å². The molecule has 4 heteroatoms. The van der Waals surface area contributed by atoms with Crippen molar-refractivity contribution in [1.82, 2.24) is 0 Å². The summed E-state index contributed by atoms with van der Waals surface area (Å²) in [7, 11) is 3.32. The number of para-hydroxylation sites is 2. The molecule has 1 amide bonds. The van der Waals surface area contributed by atoms with Crippen LogP contribution in [0.2, 0.25) is 0 Å². The third-order valence-corrected chi connectivity index (χ3v) is 2.97. The molecule has 1 saturated carbocycles. The van der Waals surface area contributed by atoms with Gasteiger partial charge in [-0.2, -0.15) is 0 Å². The fraction of sp³-hybridized carbons (Fsp3) is 0.417. The Balaban J connectivity index is 2.26. The number of nitrogens with zero attached hydrogens (tertiary/aromatic N) is 1. The molecule has 1 aliphatic carbocycles. The van der Waals surface area contributed by atoms with Gasteiger partial charge < -0.3 is 15.4 Å². The lowest BCUT2D eigenvalue weighted by Crippen LogP contribution is -2.44. The van der Waals surface area contributed by atoms with Gasteiger partial charge in [0, 0.05) is 7.05 Å². The fourth-order valence-corrected chi connectivity index (χ4v) is 1.70. The lowest BCUT2D eigenvalue weighted by molar-refractivity contribution is -0.120. The van der Waals surface area contributed by atoms with Crippen molar-refractivity contribution >= 4 is 11.6 Å². The van der Waals surface area contributed by atoms with Gasteiger partial charge in [0.25, 0.3) is 0 Å². The predicted molar refractivity (Wildman–Crippen MR) is 62.6 cm³/mol. The van der Waals surface area contributed by atoms with E-state index in [0.717, 1.165) is 18.5 Å². The van der Waals surface area contributed by atoms with Crippen LogP contribution in [0.3, 0.4) is 0 Å². The molecule has 16 heavy (non-hydrogen) atoms. The smallest absolute Gasteiger partial charge is 0.246 e. The number of hydrogen-bond donors (Lipinski definition) is 1. The zero-order chi connectivity index (χ0) is 11.8. The topological polar surface area (TPSA) is 55.6 Å². The fourth-order valence-electron chi connectivity index (χ4n) is 1.70. The van der Waals surface area contributed by atoms with Gasteiger partial charge in [-0.1, -0.05) is 12.1 Å². The van der Waals surface area contributed by atoms with Gasteiger partial charge in [0.05, 0.1) is 18.3 Å². The predicted octanol–water partition coefficient (Wildman–Crippen LogP) is 1.15. The Kier molecular flexibility index (Phi) is 2.59. The van der Waals surface area contributed by atoms with Gasteiger partial charge >= 0.3 is 0 Å². The van der Waals surface area contributed by atoms with Crippen LogP contribution in [0.1, 0.15) is 12.8 Å². The van der Waals surface area contributed by atoms with E-state index in [1.54, 1.807) is 19.1 Å². The molecule has 0 bridgehead atoms. The Hall–Kier alpha value is -1.55. The maximum atomic E-state index is 12.0. The van der Waals surface area contributed by atoms with Crippen LogP contribution in [0.5, 0.6) is 5.75 Å². The van der Waals surface area contributed by atoms with Crippen molar-refractivity contribution in [3.8, 4) is 5.75 Å². The van der Waals surface area contributed by atoms with Crippen LogP contribution in [-0.4, -0.2) is 25.6 Å². The van der Waals surface area contributed by atoms with Crippen LogP contribution in [0, 0.1) is 0 Å². The Morgan fingerprint density at radius 3 is 2.62 bits per heavy atom. The first-order valence-corrected chi connectivity index (χ1v) is 5.28. The number of benzene rings is 1. The quantitative estimate of drug-likeness (QED) is 0.831. The first-order chi connectivity index (χ1) is 7.58. The average Bonchev–Trinajstić information content (AvgIpc) is 3.06. The van der Waals surface area contributed by atoms with Crippen LogP contribution in [0.15, 0.2) is 24.3 Å². The zero-order valence-corrected chi connectivity index (χ0v) is 9.56. The summed E-state index contributed by atoms with van der Waals surface area (Å²) in [5.74, 6) is 0.639. The highest BCUT2D eigenvalue weighted by molar-refractivity contribution is 6.02. The van der Waals surface area contributed by atoms with E-state index < -0.39 is 5.54 Å². The lowest BCUT2D eigenvalue weighted by atomic mass is 10.2.